The summed E-state index contributed by atoms with van der Waals surface area (Å²) in [5.74, 6) is -1.15. The Morgan fingerprint density at radius 2 is 1.02 bits per heavy atom. The van der Waals surface area contributed by atoms with Crippen LogP contribution in [0.1, 0.15) is 142 Å². The molecule has 1 saturated carbocycles. The number of phosphoric ester groups is 1. The van der Waals surface area contributed by atoms with Crippen molar-refractivity contribution in [3.8, 4) is 0 Å². The number of phosphoric acid groups is 1. The molecule has 0 radical (unpaired) electrons. The number of carbonyl (C=O) groups excluding carboxylic acids is 2. The third-order valence-corrected chi connectivity index (χ3v) is 9.97. The molecule has 1 aliphatic rings. The number of esters is 2. The molecule has 0 aromatic heterocycles. The predicted octanol–water partition coefficient (Wildman–Crippen LogP) is 6.27. The van der Waals surface area contributed by atoms with Crippen LogP contribution in [0.2, 0.25) is 0 Å². The van der Waals surface area contributed by atoms with E-state index in [2.05, 4.69) is 50.3 Å². The number of aliphatic hydroxyl groups excluding tert-OH is 5. The average molecular weight is 777 g/mol. The van der Waals surface area contributed by atoms with E-state index in [-0.39, 0.29) is 12.8 Å². The summed E-state index contributed by atoms with van der Waals surface area (Å²) in [6.45, 7) is 3.17. The van der Waals surface area contributed by atoms with E-state index in [4.69, 9.17) is 18.5 Å². The van der Waals surface area contributed by atoms with Gasteiger partial charge in [-0.25, -0.2) is 4.57 Å². The minimum absolute atomic E-state index is 0.0889. The van der Waals surface area contributed by atoms with Crippen LogP contribution in [0.4, 0.5) is 0 Å². The van der Waals surface area contributed by atoms with Crippen molar-refractivity contribution in [1.82, 2.24) is 0 Å². The van der Waals surface area contributed by atoms with Crippen molar-refractivity contribution in [3.63, 3.8) is 0 Å². The molecule has 53 heavy (non-hydrogen) atoms. The fourth-order valence-electron chi connectivity index (χ4n) is 5.70. The van der Waals surface area contributed by atoms with Gasteiger partial charge in [0.05, 0.1) is 6.61 Å². The molecule has 0 bridgehead atoms. The number of rotatable bonds is 31. The van der Waals surface area contributed by atoms with E-state index >= 15 is 0 Å². The van der Waals surface area contributed by atoms with Crippen LogP contribution in [0.15, 0.2) is 36.5 Å². The summed E-state index contributed by atoms with van der Waals surface area (Å²) in [5, 5.41) is 49.9. The lowest BCUT2D eigenvalue weighted by atomic mass is 9.85. The van der Waals surface area contributed by atoms with Crippen LogP contribution in [-0.4, -0.2) is 98.3 Å². The molecule has 0 aliphatic heterocycles. The first kappa shape index (κ1) is 49.1. The lowest BCUT2D eigenvalue weighted by Gasteiger charge is -2.41. The Balaban J connectivity index is 2.55. The Labute approximate surface area is 317 Å². The second-order valence-corrected chi connectivity index (χ2v) is 15.2. The second-order valence-electron chi connectivity index (χ2n) is 13.8. The summed E-state index contributed by atoms with van der Waals surface area (Å²) in [4.78, 5) is 35.4. The molecular formula is C39H69O13P. The van der Waals surface area contributed by atoms with Crippen LogP contribution in [0.5, 0.6) is 0 Å². The summed E-state index contributed by atoms with van der Waals surface area (Å²) < 4.78 is 33.2. The second kappa shape index (κ2) is 30.3. The number of ether oxygens (including phenoxy) is 2. The van der Waals surface area contributed by atoms with Crippen molar-refractivity contribution in [1.29, 1.82) is 0 Å². The van der Waals surface area contributed by atoms with E-state index in [1.54, 1.807) is 0 Å². The monoisotopic (exact) mass is 776 g/mol. The van der Waals surface area contributed by atoms with E-state index in [1.807, 2.05) is 0 Å². The molecule has 13 nitrogen and oxygen atoms in total. The Bertz CT molecular complexity index is 1080. The highest BCUT2D eigenvalue weighted by Crippen LogP contribution is 2.47. The molecule has 1 rings (SSSR count). The lowest BCUT2D eigenvalue weighted by Crippen LogP contribution is -2.64. The highest BCUT2D eigenvalue weighted by molar-refractivity contribution is 7.47. The third kappa shape index (κ3) is 23.6. The van der Waals surface area contributed by atoms with E-state index in [9.17, 15) is 44.6 Å². The smallest absolute Gasteiger partial charge is 0.462 e. The molecule has 0 saturated heterocycles. The van der Waals surface area contributed by atoms with Crippen LogP contribution < -0.4 is 0 Å². The molecule has 6 unspecified atom stereocenters. The van der Waals surface area contributed by atoms with Crippen LogP contribution in [0, 0.1) is 0 Å². The van der Waals surface area contributed by atoms with E-state index in [1.165, 1.54) is 44.9 Å². The molecule has 0 heterocycles. The first-order valence-electron chi connectivity index (χ1n) is 19.8. The molecule has 14 heteroatoms. The number of hydrogen-bond donors (Lipinski definition) is 6. The van der Waals surface area contributed by atoms with Gasteiger partial charge in [0.2, 0.25) is 0 Å². The van der Waals surface area contributed by atoms with Gasteiger partial charge in [0, 0.05) is 12.8 Å². The molecule has 0 spiro atoms. The summed E-state index contributed by atoms with van der Waals surface area (Å²) in [5.41, 5.74) is 0. The van der Waals surface area contributed by atoms with Gasteiger partial charge >= 0.3 is 19.8 Å². The summed E-state index contributed by atoms with van der Waals surface area (Å²) in [6.07, 6.45) is 18.1. The molecule has 6 N–H and O–H groups in total. The Morgan fingerprint density at radius 3 is 1.58 bits per heavy atom. The van der Waals surface area contributed by atoms with E-state index < -0.39 is 75.7 Å². The quantitative estimate of drug-likeness (QED) is 0.0199. The third-order valence-electron chi connectivity index (χ3n) is 8.98. The van der Waals surface area contributed by atoms with Crippen molar-refractivity contribution in [3.05, 3.63) is 36.5 Å². The van der Waals surface area contributed by atoms with Gasteiger partial charge in [-0.1, -0.05) is 115 Å². The van der Waals surface area contributed by atoms with Crippen LogP contribution in [0.25, 0.3) is 0 Å². The summed E-state index contributed by atoms with van der Waals surface area (Å²) in [7, 11) is -5.11. The number of unbranched alkanes of at least 4 members (excludes halogenated alkanes) is 13. The number of carbonyl (C=O) groups is 2. The average Bonchev–Trinajstić information content (AvgIpc) is 3.13. The topological polar surface area (TPSA) is 210 Å². The zero-order valence-electron chi connectivity index (χ0n) is 32.1. The van der Waals surface area contributed by atoms with E-state index in [0.717, 1.165) is 57.8 Å². The standard InChI is InChI=1S/C39H69O13P/c1-3-5-7-9-11-13-14-15-16-17-18-20-21-23-25-27-32(40)49-29-31(51-33(41)28-26-24-22-19-12-10-8-6-4-2)30-50-53(47,48)52-39-37(45)35(43)34(42)36(44)38(39)46/h11,13,15-16,18,20,31,34-39,42-46H,3-10,12,14,17,19,21-30H2,1-2H3,(H,47,48)/b13-11+,16-15+,20-18+/t31-,34?,35-,36?,37?,38?,39?/m0/s1. The first-order chi connectivity index (χ1) is 25.4. The zero-order chi connectivity index (χ0) is 39.3. The van der Waals surface area contributed by atoms with E-state index in [0.29, 0.717) is 12.8 Å². The molecule has 0 aromatic carbocycles. The van der Waals surface area contributed by atoms with Crippen LogP contribution in [0.3, 0.4) is 0 Å². The normalized spacial score (nSPS) is 23.8. The summed E-state index contributed by atoms with van der Waals surface area (Å²) in [6, 6.07) is 0. The van der Waals surface area contributed by atoms with Gasteiger partial charge in [0.15, 0.2) is 6.10 Å². The molecular weight excluding hydrogens is 707 g/mol. The molecule has 0 amide bonds. The van der Waals surface area contributed by atoms with Crippen molar-refractivity contribution >= 4 is 19.8 Å². The van der Waals surface area contributed by atoms with Crippen molar-refractivity contribution < 1.29 is 63.1 Å². The van der Waals surface area contributed by atoms with Gasteiger partial charge in [0.1, 0.15) is 43.2 Å². The van der Waals surface area contributed by atoms with Crippen molar-refractivity contribution in [2.45, 2.75) is 185 Å². The zero-order valence-corrected chi connectivity index (χ0v) is 32.9. The maximum atomic E-state index is 12.7. The SMILES string of the molecule is CCCCC/C=C/C/C=C/C/C=C/CCCCC(=O)OC[C@@H](COP(=O)(O)OC1C(O)C(O)C(O)[C@H](O)C1O)OC(=O)CCCCCCCCCCC. The lowest BCUT2D eigenvalue weighted by molar-refractivity contribution is -0.220. The largest absolute Gasteiger partial charge is 0.472 e. The van der Waals surface area contributed by atoms with Gasteiger partial charge in [-0.3, -0.25) is 18.6 Å². The molecule has 1 fully saturated rings. The van der Waals surface area contributed by atoms with Crippen molar-refractivity contribution in [2.24, 2.45) is 0 Å². The van der Waals surface area contributed by atoms with Gasteiger partial charge in [-0.2, -0.15) is 0 Å². The Kier molecular flexibility index (Phi) is 28.1. The highest BCUT2D eigenvalue weighted by atomic mass is 31.2. The first-order valence-corrected chi connectivity index (χ1v) is 21.3. The number of hydrogen-bond acceptors (Lipinski definition) is 12. The molecule has 1 aliphatic carbocycles. The molecule has 0 aromatic rings. The molecule has 8 atom stereocenters. The maximum absolute atomic E-state index is 12.7. The fraction of sp³-hybridized carbons (Fsp3) is 0.795. The van der Waals surface area contributed by atoms with Crippen molar-refractivity contribution in [2.75, 3.05) is 13.2 Å². The van der Waals surface area contributed by atoms with Gasteiger partial charge in [-0.05, 0) is 51.4 Å². The number of aliphatic hydroxyl groups is 5. The minimum atomic E-state index is -5.11. The highest BCUT2D eigenvalue weighted by Gasteiger charge is 2.51. The number of allylic oxidation sites excluding steroid dienone is 6. The Morgan fingerprint density at radius 1 is 0.585 bits per heavy atom. The van der Waals surface area contributed by atoms with Crippen LogP contribution >= 0.6 is 7.82 Å². The van der Waals surface area contributed by atoms with Gasteiger partial charge in [0.25, 0.3) is 0 Å². The minimum Gasteiger partial charge on any atom is -0.462 e. The van der Waals surface area contributed by atoms with Gasteiger partial charge < -0.3 is 39.9 Å². The van der Waals surface area contributed by atoms with Crippen LogP contribution in [-0.2, 0) is 32.7 Å². The van der Waals surface area contributed by atoms with Gasteiger partial charge in [-0.15, -0.1) is 0 Å². The fourth-order valence-corrected chi connectivity index (χ4v) is 6.68. The molecule has 308 valence electrons. The predicted molar refractivity (Wildman–Crippen MR) is 203 cm³/mol. The summed E-state index contributed by atoms with van der Waals surface area (Å²) >= 11 is 0. The maximum Gasteiger partial charge on any atom is 0.472 e. The Hall–Kier alpha value is -1.93.